The molecule has 0 radical (unpaired) electrons. The molecule has 0 aliphatic carbocycles. The second-order valence-corrected chi connectivity index (χ2v) is 5.73. The molecule has 5 nitrogen and oxygen atoms in total. The van der Waals surface area contributed by atoms with Crippen molar-refractivity contribution in [3.8, 4) is 0 Å². The third kappa shape index (κ3) is 4.01. The Labute approximate surface area is 129 Å². The molecule has 1 unspecified atom stereocenters. The van der Waals surface area contributed by atoms with Crippen molar-refractivity contribution in [3.63, 3.8) is 0 Å². The number of benzene rings is 1. The molecular weight excluding hydrogens is 286 g/mol. The molecule has 1 heterocycles. The van der Waals surface area contributed by atoms with Gasteiger partial charge >= 0.3 is 0 Å². The molecule has 6 heteroatoms. The maximum absolute atomic E-state index is 12.0. The van der Waals surface area contributed by atoms with Gasteiger partial charge in [-0.25, -0.2) is 0 Å². The van der Waals surface area contributed by atoms with Crippen molar-refractivity contribution in [3.05, 3.63) is 29.8 Å². The maximum atomic E-state index is 12.0. The number of rotatable bonds is 4. The normalized spacial score (nSPS) is 18.4. The first-order chi connectivity index (χ1) is 9.97. The van der Waals surface area contributed by atoms with Crippen molar-refractivity contribution in [1.82, 2.24) is 4.90 Å². The van der Waals surface area contributed by atoms with Crippen LogP contribution in [0.15, 0.2) is 24.3 Å². The van der Waals surface area contributed by atoms with E-state index in [1.54, 1.807) is 29.2 Å². The second kappa shape index (κ2) is 6.67. The van der Waals surface area contributed by atoms with Gasteiger partial charge in [-0.05, 0) is 37.1 Å². The Morgan fingerprint density at radius 3 is 2.71 bits per heavy atom. The van der Waals surface area contributed by atoms with Crippen molar-refractivity contribution in [2.24, 2.45) is 11.7 Å². The number of nitrogens with two attached hydrogens (primary N) is 1. The molecule has 1 saturated heterocycles. The zero-order chi connectivity index (χ0) is 15.4. The predicted octanol–water partition coefficient (Wildman–Crippen LogP) is 1.52. The highest BCUT2D eigenvalue weighted by atomic mass is 32.1. The third-order valence-corrected chi connectivity index (χ3v) is 3.82. The first-order valence-corrected chi connectivity index (χ1v) is 7.36. The molecule has 1 aliphatic heterocycles. The van der Waals surface area contributed by atoms with Crippen molar-refractivity contribution in [2.45, 2.75) is 19.8 Å². The van der Waals surface area contributed by atoms with Gasteiger partial charge in [0.15, 0.2) is 0 Å². The molecule has 0 aromatic heterocycles. The number of hydrogen-bond donors (Lipinski definition) is 2. The molecule has 1 fully saturated rings. The average molecular weight is 305 g/mol. The number of hydrogen-bond acceptors (Lipinski definition) is 3. The number of nitrogens with one attached hydrogen (secondary N) is 1. The minimum Gasteiger partial charge on any atom is -0.389 e. The molecule has 0 bridgehead atoms. The summed E-state index contributed by atoms with van der Waals surface area (Å²) < 4.78 is 0. The summed E-state index contributed by atoms with van der Waals surface area (Å²) in [6.45, 7) is 2.65. The number of carbonyl (C=O) groups is 2. The van der Waals surface area contributed by atoms with E-state index in [1.165, 1.54) is 0 Å². The Kier molecular flexibility index (Phi) is 4.90. The molecule has 21 heavy (non-hydrogen) atoms. The first kappa shape index (κ1) is 15.4. The maximum Gasteiger partial charge on any atom is 0.243 e. The van der Waals surface area contributed by atoms with Crippen molar-refractivity contribution in [1.29, 1.82) is 0 Å². The average Bonchev–Trinajstić information content (AvgIpc) is 2.44. The van der Waals surface area contributed by atoms with E-state index in [-0.39, 0.29) is 24.3 Å². The number of nitrogens with zero attached hydrogens (tertiary/aromatic N) is 1. The summed E-state index contributed by atoms with van der Waals surface area (Å²) in [6.07, 6.45) is 1.85. The lowest BCUT2D eigenvalue weighted by molar-refractivity contribution is -0.140. The zero-order valence-electron chi connectivity index (χ0n) is 12.0. The summed E-state index contributed by atoms with van der Waals surface area (Å²) in [5.41, 5.74) is 6.93. The fraction of sp³-hybridized carbons (Fsp3) is 0.400. The van der Waals surface area contributed by atoms with Crippen LogP contribution in [-0.2, 0) is 9.59 Å². The van der Waals surface area contributed by atoms with Gasteiger partial charge in [0.1, 0.15) is 4.99 Å². The molecule has 3 N–H and O–H groups in total. The van der Waals surface area contributed by atoms with E-state index in [0.29, 0.717) is 17.2 Å². The van der Waals surface area contributed by atoms with Crippen LogP contribution in [-0.4, -0.2) is 34.8 Å². The minimum atomic E-state index is -0.194. The first-order valence-electron chi connectivity index (χ1n) is 6.96. The van der Waals surface area contributed by atoms with Crippen molar-refractivity contribution < 1.29 is 9.59 Å². The van der Waals surface area contributed by atoms with Crippen LogP contribution in [0.25, 0.3) is 0 Å². The number of carbonyl (C=O) groups excluding carboxylic acids is 2. The van der Waals surface area contributed by atoms with Gasteiger partial charge in [-0.2, -0.15) is 0 Å². The summed E-state index contributed by atoms with van der Waals surface area (Å²) in [6, 6.07) is 7.00. The highest BCUT2D eigenvalue weighted by Gasteiger charge is 2.26. The SMILES string of the molecule is CC1CCCN(CC(=O)Nc2ccc(C(N)=S)cc2)C1=O. The highest BCUT2D eigenvalue weighted by molar-refractivity contribution is 7.80. The van der Waals surface area contributed by atoms with Crippen LogP contribution < -0.4 is 11.1 Å². The Morgan fingerprint density at radius 2 is 2.10 bits per heavy atom. The molecule has 2 rings (SSSR count). The van der Waals surface area contributed by atoms with Gasteiger partial charge in [0.05, 0.1) is 6.54 Å². The third-order valence-electron chi connectivity index (χ3n) is 3.59. The van der Waals surface area contributed by atoms with E-state index < -0.39 is 0 Å². The molecule has 0 spiro atoms. The number of likely N-dealkylation sites (tertiary alicyclic amines) is 1. The van der Waals surface area contributed by atoms with E-state index in [4.69, 9.17) is 18.0 Å². The molecular formula is C15H19N3O2S. The zero-order valence-corrected chi connectivity index (χ0v) is 12.8. The standard InChI is InChI=1S/C15H19N3O2S/c1-10-3-2-8-18(15(10)20)9-13(19)17-12-6-4-11(5-7-12)14(16)21/h4-7,10H,2-3,8-9H2,1H3,(H2,16,21)(H,17,19). The summed E-state index contributed by atoms with van der Waals surface area (Å²) in [5, 5.41) is 2.77. The largest absolute Gasteiger partial charge is 0.389 e. The Hall–Kier alpha value is -1.95. The number of piperidine rings is 1. The van der Waals surface area contributed by atoms with Crippen molar-refractivity contribution >= 4 is 34.7 Å². The highest BCUT2D eigenvalue weighted by Crippen LogP contribution is 2.17. The van der Waals surface area contributed by atoms with E-state index in [2.05, 4.69) is 5.32 Å². The van der Waals surface area contributed by atoms with Gasteiger partial charge in [-0.1, -0.05) is 19.1 Å². The lowest BCUT2D eigenvalue weighted by atomic mass is 9.99. The van der Waals surface area contributed by atoms with Gasteiger partial charge in [0.25, 0.3) is 0 Å². The molecule has 2 amide bonds. The van der Waals surface area contributed by atoms with Crippen molar-refractivity contribution in [2.75, 3.05) is 18.4 Å². The van der Waals surface area contributed by atoms with Gasteiger partial charge in [-0.3, -0.25) is 9.59 Å². The quantitative estimate of drug-likeness (QED) is 0.827. The fourth-order valence-electron chi connectivity index (χ4n) is 2.38. The van der Waals surface area contributed by atoms with E-state index in [0.717, 1.165) is 18.4 Å². The van der Waals surface area contributed by atoms with E-state index in [9.17, 15) is 9.59 Å². The van der Waals surface area contributed by atoms with Crippen LogP contribution in [0.4, 0.5) is 5.69 Å². The summed E-state index contributed by atoms with van der Waals surface area (Å²) in [5.74, 6) is -0.128. The van der Waals surface area contributed by atoms with Crippen LogP contribution >= 0.6 is 12.2 Å². The van der Waals surface area contributed by atoms with E-state index in [1.807, 2.05) is 6.92 Å². The molecule has 1 atom stereocenters. The summed E-state index contributed by atoms with van der Waals surface area (Å²) in [4.78, 5) is 25.9. The second-order valence-electron chi connectivity index (χ2n) is 5.29. The van der Waals surface area contributed by atoms with Crippen LogP contribution in [0.1, 0.15) is 25.3 Å². The fourth-order valence-corrected chi connectivity index (χ4v) is 2.52. The van der Waals surface area contributed by atoms with Gasteiger partial charge in [0, 0.05) is 23.7 Å². The summed E-state index contributed by atoms with van der Waals surface area (Å²) >= 11 is 4.87. The smallest absolute Gasteiger partial charge is 0.243 e. The molecule has 1 aromatic carbocycles. The summed E-state index contributed by atoms with van der Waals surface area (Å²) in [7, 11) is 0. The Balaban J connectivity index is 1.92. The van der Waals surface area contributed by atoms with Gasteiger partial charge in [-0.15, -0.1) is 0 Å². The molecule has 0 saturated carbocycles. The van der Waals surface area contributed by atoms with Crippen LogP contribution in [0.3, 0.4) is 0 Å². The van der Waals surface area contributed by atoms with Crippen LogP contribution in [0.2, 0.25) is 0 Å². The molecule has 1 aromatic rings. The van der Waals surface area contributed by atoms with Crippen LogP contribution in [0, 0.1) is 5.92 Å². The Bertz CT molecular complexity index is 557. The predicted molar refractivity (Wildman–Crippen MR) is 85.9 cm³/mol. The molecule has 112 valence electrons. The number of anilines is 1. The number of amides is 2. The van der Waals surface area contributed by atoms with Gasteiger partial charge in [0.2, 0.25) is 11.8 Å². The molecule has 1 aliphatic rings. The minimum absolute atomic E-state index is 0.0106. The van der Waals surface area contributed by atoms with Crippen LogP contribution in [0.5, 0.6) is 0 Å². The lowest BCUT2D eigenvalue weighted by Gasteiger charge is -2.30. The topological polar surface area (TPSA) is 75.4 Å². The van der Waals surface area contributed by atoms with E-state index >= 15 is 0 Å². The number of thiocarbonyl (C=S) groups is 1. The Morgan fingerprint density at radius 1 is 1.43 bits per heavy atom. The monoisotopic (exact) mass is 305 g/mol. The lowest BCUT2D eigenvalue weighted by Crippen LogP contribution is -2.44. The van der Waals surface area contributed by atoms with Gasteiger partial charge < -0.3 is 16.0 Å².